The van der Waals surface area contributed by atoms with Gasteiger partial charge in [0.2, 0.25) is 0 Å². The monoisotopic (exact) mass is 462 g/mol. The third kappa shape index (κ3) is 3.98. The van der Waals surface area contributed by atoms with Crippen LogP contribution in [0.1, 0.15) is 12.5 Å². The predicted octanol–water partition coefficient (Wildman–Crippen LogP) is 4.13. The Kier molecular flexibility index (Phi) is 6.21. The molecule has 1 aliphatic rings. The van der Waals surface area contributed by atoms with E-state index in [9.17, 15) is 4.79 Å². The van der Waals surface area contributed by atoms with E-state index >= 15 is 0 Å². The molecule has 1 aliphatic heterocycles. The van der Waals surface area contributed by atoms with Crippen LogP contribution in [0.2, 0.25) is 0 Å². The summed E-state index contributed by atoms with van der Waals surface area (Å²) < 4.78 is 16.9. The molecule has 0 bridgehead atoms. The van der Waals surface area contributed by atoms with Crippen molar-refractivity contribution in [1.29, 1.82) is 0 Å². The fourth-order valence-corrected chi connectivity index (χ4v) is 3.48. The first-order valence-electron chi connectivity index (χ1n) is 8.50. The fraction of sp³-hybridized carbons (Fsp3) is 0.200. The first kappa shape index (κ1) is 20.2. The summed E-state index contributed by atoms with van der Waals surface area (Å²) in [5.74, 6) is 1.67. The van der Waals surface area contributed by atoms with Crippen molar-refractivity contribution in [3.8, 4) is 17.2 Å². The number of hydrogen-bond donors (Lipinski definition) is 1. The summed E-state index contributed by atoms with van der Waals surface area (Å²) in [7, 11) is 3.16. The Morgan fingerprint density at radius 2 is 1.86 bits per heavy atom. The number of hydrogen-bond acceptors (Lipinski definition) is 5. The second-order valence-corrected chi connectivity index (χ2v) is 7.03. The minimum atomic E-state index is -0.241. The lowest BCUT2D eigenvalue weighted by molar-refractivity contribution is -0.113. The molecule has 2 aromatic carbocycles. The molecular weight excluding hydrogens is 444 g/mol. The zero-order valence-electron chi connectivity index (χ0n) is 15.6. The Morgan fingerprint density at radius 3 is 2.46 bits per heavy atom. The topological polar surface area (TPSA) is 60.0 Å². The van der Waals surface area contributed by atoms with Gasteiger partial charge in [-0.2, -0.15) is 0 Å². The van der Waals surface area contributed by atoms with Gasteiger partial charge in [-0.15, -0.1) is 0 Å². The van der Waals surface area contributed by atoms with E-state index in [-0.39, 0.29) is 5.91 Å². The smallest absolute Gasteiger partial charge is 0.281 e. The predicted molar refractivity (Wildman–Crippen MR) is 116 cm³/mol. The molecule has 0 atom stereocenters. The molecule has 1 fully saturated rings. The van der Waals surface area contributed by atoms with Crippen LogP contribution < -0.4 is 24.4 Å². The van der Waals surface area contributed by atoms with Crippen LogP contribution in [0.5, 0.6) is 17.2 Å². The van der Waals surface area contributed by atoms with Gasteiger partial charge in [-0.25, -0.2) is 0 Å². The molecule has 3 rings (SSSR count). The summed E-state index contributed by atoms with van der Waals surface area (Å²) in [5.41, 5.74) is 1.79. The lowest BCUT2D eigenvalue weighted by Crippen LogP contribution is -2.30. The van der Waals surface area contributed by atoms with E-state index in [2.05, 4.69) is 21.2 Å². The number of methoxy groups -OCH3 is 2. The van der Waals surface area contributed by atoms with Gasteiger partial charge in [-0.1, -0.05) is 15.9 Å². The van der Waals surface area contributed by atoms with Gasteiger partial charge in [0.25, 0.3) is 5.91 Å². The van der Waals surface area contributed by atoms with Gasteiger partial charge in [0.1, 0.15) is 11.4 Å². The molecule has 0 aromatic heterocycles. The van der Waals surface area contributed by atoms with Crippen LogP contribution in [0.4, 0.5) is 5.69 Å². The van der Waals surface area contributed by atoms with Gasteiger partial charge >= 0.3 is 0 Å². The Bertz CT molecular complexity index is 944. The van der Waals surface area contributed by atoms with E-state index in [4.69, 9.17) is 26.4 Å². The van der Waals surface area contributed by atoms with Crippen molar-refractivity contribution in [3.05, 3.63) is 52.1 Å². The summed E-state index contributed by atoms with van der Waals surface area (Å²) in [6.07, 6.45) is 1.72. The largest absolute Gasteiger partial charge is 0.497 e. The molecule has 28 heavy (non-hydrogen) atoms. The molecule has 6 nitrogen and oxygen atoms in total. The maximum atomic E-state index is 12.9. The molecule has 146 valence electrons. The third-order valence-electron chi connectivity index (χ3n) is 4.09. The van der Waals surface area contributed by atoms with Crippen LogP contribution in [0, 0.1) is 0 Å². The minimum absolute atomic E-state index is 0.241. The summed E-state index contributed by atoms with van der Waals surface area (Å²) in [6, 6.07) is 10.7. The Hall–Kier alpha value is -2.58. The molecular formula is C20H19BrN2O4S. The van der Waals surface area contributed by atoms with E-state index in [0.29, 0.717) is 40.4 Å². The van der Waals surface area contributed by atoms with Gasteiger partial charge in [0.05, 0.1) is 26.5 Å². The van der Waals surface area contributed by atoms with Crippen LogP contribution in [0.25, 0.3) is 6.08 Å². The number of halogens is 1. The number of nitrogens with one attached hydrogen (secondary N) is 1. The molecule has 1 amide bonds. The SMILES string of the molecule is CCOc1cc(Br)c(C=C2NC(=S)N(c3ccc(OC)cc3)C2=O)cc1OC. The van der Waals surface area contributed by atoms with Crippen LogP contribution in [0.15, 0.2) is 46.6 Å². The minimum Gasteiger partial charge on any atom is -0.497 e. The van der Waals surface area contributed by atoms with E-state index < -0.39 is 0 Å². The van der Waals surface area contributed by atoms with Gasteiger partial charge in [0.15, 0.2) is 16.6 Å². The van der Waals surface area contributed by atoms with Gasteiger partial charge in [-0.3, -0.25) is 9.69 Å². The van der Waals surface area contributed by atoms with Gasteiger partial charge in [-0.05, 0) is 67.2 Å². The van der Waals surface area contributed by atoms with Crippen LogP contribution in [0.3, 0.4) is 0 Å². The van der Waals surface area contributed by atoms with Crippen molar-refractivity contribution in [2.24, 2.45) is 0 Å². The number of benzene rings is 2. The molecule has 0 saturated carbocycles. The van der Waals surface area contributed by atoms with Crippen molar-refractivity contribution in [2.45, 2.75) is 6.92 Å². The zero-order valence-corrected chi connectivity index (χ0v) is 18.0. The highest BCUT2D eigenvalue weighted by molar-refractivity contribution is 9.10. The average molecular weight is 463 g/mol. The number of thiocarbonyl (C=S) groups is 1. The van der Waals surface area contributed by atoms with Crippen LogP contribution in [-0.4, -0.2) is 31.8 Å². The first-order valence-corrected chi connectivity index (χ1v) is 9.70. The Labute approximate surface area is 177 Å². The molecule has 2 aromatic rings. The summed E-state index contributed by atoms with van der Waals surface area (Å²) in [5, 5.41) is 3.29. The van der Waals surface area contributed by atoms with E-state index in [0.717, 1.165) is 10.0 Å². The second-order valence-electron chi connectivity index (χ2n) is 5.78. The third-order valence-corrected chi connectivity index (χ3v) is 5.06. The molecule has 0 unspecified atom stereocenters. The fourth-order valence-electron chi connectivity index (χ4n) is 2.75. The number of carbonyl (C=O) groups excluding carboxylic acids is 1. The number of nitrogens with zero attached hydrogens (tertiary/aromatic N) is 1. The number of carbonyl (C=O) groups is 1. The van der Waals surface area contributed by atoms with Crippen LogP contribution >= 0.6 is 28.1 Å². The highest BCUT2D eigenvalue weighted by Gasteiger charge is 2.32. The van der Waals surface area contributed by atoms with Crippen molar-refractivity contribution >= 4 is 50.9 Å². The highest BCUT2D eigenvalue weighted by Crippen LogP contribution is 2.35. The first-order chi connectivity index (χ1) is 13.5. The maximum Gasteiger partial charge on any atom is 0.281 e. The highest BCUT2D eigenvalue weighted by atomic mass is 79.9. The van der Waals surface area contributed by atoms with Gasteiger partial charge < -0.3 is 19.5 Å². The summed E-state index contributed by atoms with van der Waals surface area (Å²) >= 11 is 8.88. The molecule has 8 heteroatoms. The van der Waals surface area contributed by atoms with E-state index in [1.807, 2.05) is 13.0 Å². The second kappa shape index (κ2) is 8.62. The lowest BCUT2D eigenvalue weighted by Gasteiger charge is -2.14. The summed E-state index contributed by atoms with van der Waals surface area (Å²) in [4.78, 5) is 14.4. The Morgan fingerprint density at radius 1 is 1.14 bits per heavy atom. The quantitative estimate of drug-likeness (QED) is 0.514. The Balaban J connectivity index is 1.93. The normalized spacial score (nSPS) is 15.0. The van der Waals surface area contributed by atoms with Crippen LogP contribution in [-0.2, 0) is 4.79 Å². The molecule has 0 aliphatic carbocycles. The molecule has 1 heterocycles. The van der Waals surface area contributed by atoms with Crippen molar-refractivity contribution in [3.63, 3.8) is 0 Å². The summed E-state index contributed by atoms with van der Waals surface area (Å²) in [6.45, 7) is 2.42. The lowest BCUT2D eigenvalue weighted by atomic mass is 10.1. The molecule has 1 saturated heterocycles. The van der Waals surface area contributed by atoms with Crippen molar-refractivity contribution in [2.75, 3.05) is 25.7 Å². The van der Waals surface area contributed by atoms with Gasteiger partial charge in [0, 0.05) is 4.47 Å². The number of amides is 1. The zero-order chi connectivity index (χ0) is 20.3. The molecule has 0 spiro atoms. The molecule has 1 N–H and O–H groups in total. The number of rotatable bonds is 6. The molecule has 0 radical (unpaired) electrons. The standard InChI is InChI=1S/C20H19BrN2O4S/c1-4-27-18-11-15(21)12(10-17(18)26-3)9-16-19(24)23(20(28)22-16)13-5-7-14(25-2)8-6-13/h5-11H,4H2,1-3H3,(H,22,28). The van der Waals surface area contributed by atoms with E-state index in [1.165, 1.54) is 4.90 Å². The number of anilines is 1. The number of ether oxygens (including phenoxy) is 3. The average Bonchev–Trinajstić information content (AvgIpc) is 2.97. The van der Waals surface area contributed by atoms with Crippen molar-refractivity contribution in [1.82, 2.24) is 5.32 Å². The van der Waals surface area contributed by atoms with E-state index in [1.54, 1.807) is 50.6 Å². The van der Waals surface area contributed by atoms with Crippen molar-refractivity contribution < 1.29 is 19.0 Å². The maximum absolute atomic E-state index is 12.9.